The Hall–Kier alpha value is -0.730. The second-order valence-electron chi connectivity index (χ2n) is 4.56. The molecule has 0 aromatic heterocycles. The van der Waals surface area contributed by atoms with Gasteiger partial charge in [0.1, 0.15) is 5.75 Å². The number of ether oxygens (including phenoxy) is 1. The van der Waals surface area contributed by atoms with Gasteiger partial charge in [0.25, 0.3) is 0 Å². The quantitative estimate of drug-likeness (QED) is 0.799. The molecule has 0 atom stereocenters. The minimum absolute atomic E-state index is 0.666. The van der Waals surface area contributed by atoms with Gasteiger partial charge >= 0.3 is 0 Å². The topological polar surface area (TPSA) is 21.3 Å². The average molecular weight is 256 g/mol. The van der Waals surface area contributed by atoms with Crippen molar-refractivity contribution in [1.29, 1.82) is 0 Å². The third-order valence-corrected chi connectivity index (χ3v) is 2.78. The standard InChI is InChI=1S/C14H22ClNO/c1-4-16-10-12-9-13(15)5-6-14(12)17-8-7-11(2)3/h5-6,9,11,16H,4,7-8,10H2,1-3H3. The lowest BCUT2D eigenvalue weighted by Crippen LogP contribution is -2.13. The van der Waals surface area contributed by atoms with Crippen molar-refractivity contribution in [3.63, 3.8) is 0 Å². The highest BCUT2D eigenvalue weighted by molar-refractivity contribution is 6.30. The summed E-state index contributed by atoms with van der Waals surface area (Å²) in [5.74, 6) is 1.61. The van der Waals surface area contributed by atoms with E-state index in [2.05, 4.69) is 26.1 Å². The van der Waals surface area contributed by atoms with Gasteiger partial charge in [-0.3, -0.25) is 0 Å². The van der Waals surface area contributed by atoms with Gasteiger partial charge in [-0.15, -0.1) is 0 Å². The van der Waals surface area contributed by atoms with Gasteiger partial charge in [-0.25, -0.2) is 0 Å². The van der Waals surface area contributed by atoms with Crippen LogP contribution >= 0.6 is 11.6 Å². The Labute approximate surface area is 109 Å². The van der Waals surface area contributed by atoms with Crippen molar-refractivity contribution < 1.29 is 4.74 Å². The van der Waals surface area contributed by atoms with E-state index in [0.717, 1.165) is 42.5 Å². The fourth-order valence-corrected chi connectivity index (χ4v) is 1.69. The molecule has 1 aromatic carbocycles. The SMILES string of the molecule is CCNCc1cc(Cl)ccc1OCCC(C)C. The van der Waals surface area contributed by atoms with Gasteiger partial charge in [-0.05, 0) is 37.1 Å². The van der Waals surface area contributed by atoms with E-state index in [9.17, 15) is 0 Å². The second kappa shape index (κ2) is 7.57. The summed E-state index contributed by atoms with van der Waals surface area (Å²) in [7, 11) is 0. The molecule has 0 saturated heterocycles. The van der Waals surface area contributed by atoms with E-state index in [1.54, 1.807) is 0 Å². The third kappa shape index (κ3) is 5.42. The second-order valence-corrected chi connectivity index (χ2v) is 5.00. The largest absolute Gasteiger partial charge is 0.493 e. The zero-order chi connectivity index (χ0) is 12.7. The lowest BCUT2D eigenvalue weighted by molar-refractivity contribution is 0.286. The van der Waals surface area contributed by atoms with Crippen molar-refractivity contribution in [2.24, 2.45) is 5.92 Å². The maximum absolute atomic E-state index is 6.00. The zero-order valence-electron chi connectivity index (χ0n) is 10.9. The van der Waals surface area contributed by atoms with Crippen molar-refractivity contribution in [3.8, 4) is 5.75 Å². The lowest BCUT2D eigenvalue weighted by Gasteiger charge is -2.13. The van der Waals surface area contributed by atoms with Gasteiger partial charge in [0, 0.05) is 17.1 Å². The minimum atomic E-state index is 0.666. The summed E-state index contributed by atoms with van der Waals surface area (Å²) >= 11 is 6.00. The Kier molecular flexibility index (Phi) is 6.38. The highest BCUT2D eigenvalue weighted by Gasteiger charge is 2.05. The normalized spacial score (nSPS) is 10.9. The molecule has 0 radical (unpaired) electrons. The third-order valence-electron chi connectivity index (χ3n) is 2.54. The van der Waals surface area contributed by atoms with Crippen molar-refractivity contribution >= 4 is 11.6 Å². The van der Waals surface area contributed by atoms with Gasteiger partial charge in [0.05, 0.1) is 6.61 Å². The highest BCUT2D eigenvalue weighted by atomic mass is 35.5. The molecular formula is C14H22ClNO. The van der Waals surface area contributed by atoms with Crippen LogP contribution in [0, 0.1) is 5.92 Å². The van der Waals surface area contributed by atoms with Crippen molar-refractivity contribution in [2.45, 2.75) is 33.7 Å². The number of rotatable bonds is 7. The van der Waals surface area contributed by atoms with Gasteiger partial charge in [-0.1, -0.05) is 32.4 Å². The summed E-state index contributed by atoms with van der Waals surface area (Å²) in [6, 6.07) is 5.80. The molecule has 1 rings (SSSR count). The average Bonchev–Trinajstić information content (AvgIpc) is 2.28. The molecule has 96 valence electrons. The first-order chi connectivity index (χ1) is 8.13. The first kappa shape index (κ1) is 14.3. The van der Waals surface area contributed by atoms with Crippen LogP contribution in [0.1, 0.15) is 32.8 Å². The van der Waals surface area contributed by atoms with Crippen LogP contribution in [0.25, 0.3) is 0 Å². The van der Waals surface area contributed by atoms with Gasteiger partial charge in [-0.2, -0.15) is 0 Å². The predicted octanol–water partition coefficient (Wildman–Crippen LogP) is 3.87. The summed E-state index contributed by atoms with van der Waals surface area (Å²) in [4.78, 5) is 0. The number of nitrogens with one attached hydrogen (secondary N) is 1. The van der Waals surface area contributed by atoms with E-state index >= 15 is 0 Å². The summed E-state index contributed by atoms with van der Waals surface area (Å²) in [5.41, 5.74) is 1.13. The van der Waals surface area contributed by atoms with Crippen LogP contribution < -0.4 is 10.1 Å². The molecular weight excluding hydrogens is 234 g/mol. The van der Waals surface area contributed by atoms with Crippen molar-refractivity contribution in [1.82, 2.24) is 5.32 Å². The molecule has 0 amide bonds. The van der Waals surface area contributed by atoms with E-state index in [4.69, 9.17) is 16.3 Å². The van der Waals surface area contributed by atoms with Crippen molar-refractivity contribution in [2.75, 3.05) is 13.2 Å². The number of hydrogen-bond acceptors (Lipinski definition) is 2. The minimum Gasteiger partial charge on any atom is -0.493 e. The summed E-state index contributed by atoms with van der Waals surface area (Å²) in [6.07, 6.45) is 1.07. The summed E-state index contributed by atoms with van der Waals surface area (Å²) in [5, 5.41) is 4.05. The zero-order valence-corrected chi connectivity index (χ0v) is 11.7. The van der Waals surface area contributed by atoms with E-state index < -0.39 is 0 Å². The Morgan fingerprint density at radius 3 is 2.76 bits per heavy atom. The van der Waals surface area contributed by atoms with Gasteiger partial charge in [0.2, 0.25) is 0 Å². The Balaban J connectivity index is 2.62. The first-order valence-corrected chi connectivity index (χ1v) is 6.63. The fourth-order valence-electron chi connectivity index (χ4n) is 1.49. The van der Waals surface area contributed by atoms with Gasteiger partial charge in [0.15, 0.2) is 0 Å². The molecule has 3 heteroatoms. The van der Waals surface area contributed by atoms with Crippen molar-refractivity contribution in [3.05, 3.63) is 28.8 Å². The number of benzene rings is 1. The molecule has 1 aromatic rings. The molecule has 0 aliphatic carbocycles. The molecule has 1 N–H and O–H groups in total. The van der Waals surface area contributed by atoms with Crippen LogP contribution in [0.2, 0.25) is 5.02 Å². The smallest absolute Gasteiger partial charge is 0.123 e. The molecule has 0 saturated carbocycles. The van der Waals surface area contributed by atoms with E-state index in [1.807, 2.05) is 18.2 Å². The van der Waals surface area contributed by atoms with Crippen LogP contribution in [0.3, 0.4) is 0 Å². The molecule has 0 aliphatic heterocycles. The number of hydrogen-bond donors (Lipinski definition) is 1. The molecule has 0 spiro atoms. The Bertz CT molecular complexity index is 339. The monoisotopic (exact) mass is 255 g/mol. The lowest BCUT2D eigenvalue weighted by atomic mass is 10.1. The van der Waals surface area contributed by atoms with E-state index in [-0.39, 0.29) is 0 Å². The molecule has 17 heavy (non-hydrogen) atoms. The van der Waals surface area contributed by atoms with Gasteiger partial charge < -0.3 is 10.1 Å². The van der Waals surface area contributed by atoms with E-state index in [1.165, 1.54) is 0 Å². The fraction of sp³-hybridized carbons (Fsp3) is 0.571. The Morgan fingerprint density at radius 1 is 1.35 bits per heavy atom. The maximum Gasteiger partial charge on any atom is 0.123 e. The van der Waals surface area contributed by atoms with E-state index in [0.29, 0.717) is 5.92 Å². The summed E-state index contributed by atoms with van der Waals surface area (Å²) < 4.78 is 5.80. The van der Waals surface area contributed by atoms with Crippen LogP contribution in [-0.4, -0.2) is 13.2 Å². The molecule has 0 bridgehead atoms. The summed E-state index contributed by atoms with van der Waals surface area (Å²) in [6.45, 7) is 8.99. The highest BCUT2D eigenvalue weighted by Crippen LogP contribution is 2.23. The molecule has 0 fully saturated rings. The molecule has 0 aliphatic rings. The molecule has 0 unspecified atom stereocenters. The molecule has 0 heterocycles. The predicted molar refractivity (Wildman–Crippen MR) is 73.8 cm³/mol. The Morgan fingerprint density at radius 2 is 2.12 bits per heavy atom. The van der Waals surface area contributed by atoms with Crippen LogP contribution in [0.4, 0.5) is 0 Å². The number of halogens is 1. The maximum atomic E-state index is 6.00. The van der Waals surface area contributed by atoms with Crippen LogP contribution in [-0.2, 0) is 6.54 Å². The van der Waals surface area contributed by atoms with Crippen LogP contribution in [0.15, 0.2) is 18.2 Å². The molecule has 2 nitrogen and oxygen atoms in total. The van der Waals surface area contributed by atoms with Crippen LogP contribution in [0.5, 0.6) is 5.75 Å². The first-order valence-electron chi connectivity index (χ1n) is 6.25.